The van der Waals surface area contributed by atoms with Crippen LogP contribution >= 0.6 is 11.8 Å². The molecule has 2 heterocycles. The molecule has 2 fully saturated rings. The molecule has 108 valence electrons. The summed E-state index contributed by atoms with van der Waals surface area (Å²) in [6.45, 7) is 0.639. The predicted octanol–water partition coefficient (Wildman–Crippen LogP) is 2.64. The van der Waals surface area contributed by atoms with Gasteiger partial charge in [0.25, 0.3) is 5.91 Å². The van der Waals surface area contributed by atoms with Crippen LogP contribution < -0.4 is 5.32 Å². The highest BCUT2D eigenvalue weighted by Gasteiger charge is 2.42. The van der Waals surface area contributed by atoms with Crippen LogP contribution in [0.1, 0.15) is 42.5 Å². The number of hydrogen-bond acceptors (Lipinski definition) is 4. The molecule has 1 atom stereocenters. The Morgan fingerprint density at radius 2 is 2.30 bits per heavy atom. The summed E-state index contributed by atoms with van der Waals surface area (Å²) in [5.41, 5.74) is 0.710. The van der Waals surface area contributed by atoms with Gasteiger partial charge in [0.05, 0.1) is 23.8 Å². The van der Waals surface area contributed by atoms with Crippen LogP contribution in [0.15, 0.2) is 23.4 Å². The molecule has 1 aromatic rings. The first-order chi connectivity index (χ1) is 9.72. The minimum atomic E-state index is -0.0360. The molecule has 2 aliphatic rings. The lowest BCUT2D eigenvalue weighted by molar-refractivity contribution is 0.00987. The van der Waals surface area contributed by atoms with Crippen molar-refractivity contribution in [3.05, 3.63) is 23.9 Å². The number of amides is 1. The summed E-state index contributed by atoms with van der Waals surface area (Å²) in [7, 11) is 0. The molecule has 0 aromatic carbocycles. The number of rotatable bonds is 3. The molecule has 4 nitrogen and oxygen atoms in total. The number of nitrogens with zero attached hydrogens (tertiary/aromatic N) is 1. The van der Waals surface area contributed by atoms with Crippen LogP contribution in [-0.2, 0) is 4.74 Å². The lowest BCUT2D eigenvalue weighted by Crippen LogP contribution is -2.36. The number of carbonyl (C=O) groups excluding carboxylic acids is 1. The van der Waals surface area contributed by atoms with Crippen LogP contribution in [0.4, 0.5) is 0 Å². The molecule has 5 heteroatoms. The Bertz CT molecular complexity index is 500. The van der Waals surface area contributed by atoms with Gasteiger partial charge in [-0.3, -0.25) is 4.79 Å². The van der Waals surface area contributed by atoms with Gasteiger partial charge in [-0.15, -0.1) is 11.8 Å². The Morgan fingerprint density at radius 3 is 3.05 bits per heavy atom. The van der Waals surface area contributed by atoms with E-state index in [4.69, 9.17) is 4.74 Å². The first kappa shape index (κ1) is 13.9. The summed E-state index contributed by atoms with van der Waals surface area (Å²) in [4.78, 5) is 16.6. The Balaban J connectivity index is 1.65. The van der Waals surface area contributed by atoms with Gasteiger partial charge in [0.1, 0.15) is 5.03 Å². The molecule has 3 rings (SSSR count). The second-order valence-corrected chi connectivity index (χ2v) is 6.43. The van der Waals surface area contributed by atoms with Gasteiger partial charge in [0.2, 0.25) is 0 Å². The molecule has 1 amide bonds. The van der Waals surface area contributed by atoms with E-state index in [-0.39, 0.29) is 17.6 Å². The summed E-state index contributed by atoms with van der Waals surface area (Å²) >= 11 is 1.50. The fraction of sp³-hybridized carbons (Fsp3) is 0.600. The Hall–Kier alpha value is -1.07. The molecule has 1 spiro atoms. The van der Waals surface area contributed by atoms with Gasteiger partial charge >= 0.3 is 0 Å². The Kier molecular flexibility index (Phi) is 3.98. The topological polar surface area (TPSA) is 51.2 Å². The zero-order chi connectivity index (χ0) is 14.0. The van der Waals surface area contributed by atoms with Crippen molar-refractivity contribution in [1.82, 2.24) is 10.3 Å². The van der Waals surface area contributed by atoms with E-state index < -0.39 is 0 Å². The summed E-state index contributed by atoms with van der Waals surface area (Å²) < 4.78 is 5.97. The molecule has 1 N–H and O–H groups in total. The molecule has 0 unspecified atom stereocenters. The summed E-state index contributed by atoms with van der Waals surface area (Å²) in [6.07, 6.45) is 9.39. The maximum Gasteiger partial charge on any atom is 0.254 e. The zero-order valence-corrected chi connectivity index (χ0v) is 12.5. The third-order valence-corrected chi connectivity index (χ3v) is 4.98. The minimum Gasteiger partial charge on any atom is -0.373 e. The first-order valence-electron chi connectivity index (χ1n) is 7.16. The average molecular weight is 292 g/mol. The van der Waals surface area contributed by atoms with Gasteiger partial charge in [0.15, 0.2) is 0 Å². The number of pyridine rings is 1. The third-order valence-electron chi connectivity index (χ3n) is 4.27. The van der Waals surface area contributed by atoms with Crippen LogP contribution in [0.2, 0.25) is 0 Å². The Labute approximate surface area is 123 Å². The van der Waals surface area contributed by atoms with Crippen LogP contribution in [0.3, 0.4) is 0 Å². The average Bonchev–Trinajstić information content (AvgIpc) is 3.09. The standard InChI is InChI=1S/C15H20N2O2S/c1-20-14-12(5-4-8-16-14)13(18)17-11-9-15(19-10-11)6-2-3-7-15/h4-5,8,11H,2-3,6-7,9-10H2,1H3,(H,17,18)/t11-/m0/s1. The lowest BCUT2D eigenvalue weighted by Gasteiger charge is -2.21. The second kappa shape index (κ2) is 5.74. The predicted molar refractivity (Wildman–Crippen MR) is 79.0 cm³/mol. The fourth-order valence-electron chi connectivity index (χ4n) is 3.29. The number of hydrogen-bond donors (Lipinski definition) is 1. The molecule has 1 aliphatic heterocycles. The van der Waals surface area contributed by atoms with Crippen LogP contribution in [-0.4, -0.2) is 35.4 Å². The molecular formula is C15H20N2O2S. The molecule has 1 aromatic heterocycles. The van der Waals surface area contributed by atoms with Crippen LogP contribution in [0, 0.1) is 0 Å². The van der Waals surface area contributed by atoms with Gasteiger partial charge in [-0.25, -0.2) is 4.98 Å². The maximum absolute atomic E-state index is 12.4. The summed E-state index contributed by atoms with van der Waals surface area (Å²) in [5, 5.41) is 3.88. The molecule has 1 saturated carbocycles. The van der Waals surface area contributed by atoms with Crippen molar-refractivity contribution in [2.45, 2.75) is 48.8 Å². The van der Waals surface area contributed by atoms with Gasteiger partial charge < -0.3 is 10.1 Å². The maximum atomic E-state index is 12.4. The van der Waals surface area contributed by atoms with Crippen molar-refractivity contribution in [2.75, 3.05) is 12.9 Å². The van der Waals surface area contributed by atoms with E-state index in [1.165, 1.54) is 24.6 Å². The highest BCUT2D eigenvalue weighted by molar-refractivity contribution is 7.98. The van der Waals surface area contributed by atoms with E-state index >= 15 is 0 Å². The molecular weight excluding hydrogens is 272 g/mol. The molecule has 0 radical (unpaired) electrons. The van der Waals surface area contributed by atoms with Crippen LogP contribution in [0.25, 0.3) is 0 Å². The Morgan fingerprint density at radius 1 is 1.50 bits per heavy atom. The fourth-order valence-corrected chi connectivity index (χ4v) is 3.84. The molecule has 1 saturated heterocycles. The monoisotopic (exact) mass is 292 g/mol. The van der Waals surface area contributed by atoms with Gasteiger partial charge in [-0.05, 0) is 37.7 Å². The van der Waals surface area contributed by atoms with E-state index in [0.717, 1.165) is 24.3 Å². The second-order valence-electron chi connectivity index (χ2n) is 5.64. The zero-order valence-electron chi connectivity index (χ0n) is 11.7. The van der Waals surface area contributed by atoms with Crippen molar-refractivity contribution >= 4 is 17.7 Å². The molecule has 20 heavy (non-hydrogen) atoms. The van der Waals surface area contributed by atoms with Gasteiger partial charge in [-0.1, -0.05) is 12.8 Å². The number of aromatic nitrogens is 1. The van der Waals surface area contributed by atoms with Crippen LogP contribution in [0.5, 0.6) is 0 Å². The lowest BCUT2D eigenvalue weighted by atomic mass is 9.96. The molecule has 0 bridgehead atoms. The van der Waals surface area contributed by atoms with Crippen molar-refractivity contribution in [1.29, 1.82) is 0 Å². The molecule has 1 aliphatic carbocycles. The van der Waals surface area contributed by atoms with E-state index in [9.17, 15) is 4.79 Å². The third kappa shape index (κ3) is 2.69. The summed E-state index contributed by atoms with van der Waals surface area (Å²) in [5.74, 6) is -0.0360. The van der Waals surface area contributed by atoms with E-state index in [1.54, 1.807) is 12.3 Å². The smallest absolute Gasteiger partial charge is 0.254 e. The SMILES string of the molecule is CSc1ncccc1C(=O)N[C@@H]1COC2(CCCC2)C1. The van der Waals surface area contributed by atoms with Gasteiger partial charge in [-0.2, -0.15) is 0 Å². The highest BCUT2D eigenvalue weighted by atomic mass is 32.2. The summed E-state index contributed by atoms with van der Waals surface area (Å²) in [6, 6.07) is 3.77. The number of nitrogens with one attached hydrogen (secondary N) is 1. The van der Waals surface area contributed by atoms with E-state index in [2.05, 4.69) is 10.3 Å². The minimum absolute atomic E-state index is 0.0360. The highest BCUT2D eigenvalue weighted by Crippen LogP contribution is 2.40. The van der Waals surface area contributed by atoms with Gasteiger partial charge in [0, 0.05) is 6.20 Å². The van der Waals surface area contributed by atoms with E-state index in [0.29, 0.717) is 12.2 Å². The number of carbonyl (C=O) groups is 1. The van der Waals surface area contributed by atoms with Crippen molar-refractivity contribution in [2.24, 2.45) is 0 Å². The number of thioether (sulfide) groups is 1. The van der Waals surface area contributed by atoms with E-state index in [1.807, 2.05) is 12.3 Å². The quantitative estimate of drug-likeness (QED) is 0.870. The van der Waals surface area contributed by atoms with Crippen molar-refractivity contribution in [3.63, 3.8) is 0 Å². The van der Waals surface area contributed by atoms with Crippen molar-refractivity contribution < 1.29 is 9.53 Å². The largest absolute Gasteiger partial charge is 0.373 e. The van der Waals surface area contributed by atoms with Crippen molar-refractivity contribution in [3.8, 4) is 0 Å². The normalized spacial score (nSPS) is 24.1. The first-order valence-corrected chi connectivity index (χ1v) is 8.39. The number of ether oxygens (including phenoxy) is 1.